The van der Waals surface area contributed by atoms with Crippen molar-refractivity contribution in [3.63, 3.8) is 0 Å². The molecule has 0 aromatic carbocycles. The second-order valence-electron chi connectivity index (χ2n) is 3.70. The molecule has 0 aromatic rings. The zero-order chi connectivity index (χ0) is 11.6. The average molecular weight is 221 g/mol. The lowest BCUT2D eigenvalue weighted by Crippen LogP contribution is -2.44. The van der Waals surface area contributed by atoms with E-state index in [9.17, 15) is 13.2 Å². The van der Waals surface area contributed by atoms with E-state index in [1.54, 1.807) is 0 Å². The molecule has 0 aromatic heterocycles. The Kier molecular flexibility index (Phi) is 3.84. The van der Waals surface area contributed by atoms with Crippen LogP contribution in [-0.4, -0.2) is 30.2 Å². The predicted molar refractivity (Wildman–Crippen MR) is 53.5 cm³/mol. The lowest BCUT2D eigenvalue weighted by Gasteiger charge is -2.21. The van der Waals surface area contributed by atoms with Crippen molar-refractivity contribution in [2.75, 3.05) is 6.54 Å². The van der Waals surface area contributed by atoms with Crippen LogP contribution in [0.4, 0.5) is 0 Å². The molecule has 0 aliphatic carbocycles. The maximum absolute atomic E-state index is 11.0. The Balaban J connectivity index is 4.42. The fourth-order valence-corrected chi connectivity index (χ4v) is 0.790. The molecule has 2 N–H and O–H groups in total. The van der Waals surface area contributed by atoms with Gasteiger partial charge in [0.1, 0.15) is 4.75 Å². The van der Waals surface area contributed by atoms with E-state index >= 15 is 0 Å². The number of amides is 1. The third-order valence-corrected chi connectivity index (χ3v) is 3.30. The molecule has 0 rings (SSSR count). The van der Waals surface area contributed by atoms with Gasteiger partial charge in [0.15, 0.2) is 0 Å². The molecule has 5 nitrogen and oxygen atoms in total. The largest absolute Gasteiger partial charge is 0.351 e. The maximum Gasteiger partial charge on any atom is 0.271 e. The Hall–Kier alpha value is -0.880. The summed E-state index contributed by atoms with van der Waals surface area (Å²) in [5.41, 5.74) is 0.288. The first-order valence-corrected chi connectivity index (χ1v) is 5.42. The molecule has 0 atom stereocenters. The highest BCUT2D eigenvalue weighted by molar-refractivity contribution is 7.87. The molecule has 0 saturated heterocycles. The van der Waals surface area contributed by atoms with Gasteiger partial charge in [0.05, 0.1) is 0 Å². The Morgan fingerprint density at radius 1 is 1.50 bits per heavy atom. The molecule has 0 fully saturated rings. The zero-order valence-corrected chi connectivity index (χ0v) is 9.31. The van der Waals surface area contributed by atoms with Crippen molar-refractivity contribution >= 4 is 16.0 Å². The van der Waals surface area contributed by atoms with E-state index in [4.69, 9.17) is 4.55 Å². The van der Waals surface area contributed by atoms with Crippen molar-refractivity contribution in [2.24, 2.45) is 0 Å². The van der Waals surface area contributed by atoms with Gasteiger partial charge in [-0.3, -0.25) is 9.35 Å². The van der Waals surface area contributed by atoms with Gasteiger partial charge in [-0.1, -0.05) is 6.58 Å². The third kappa shape index (κ3) is 3.47. The van der Waals surface area contributed by atoms with Crippen LogP contribution in [0.1, 0.15) is 20.8 Å². The Bertz CT molecular complexity index is 342. The van der Waals surface area contributed by atoms with Crippen molar-refractivity contribution in [1.82, 2.24) is 5.32 Å². The summed E-state index contributed by atoms with van der Waals surface area (Å²) >= 11 is 0. The molecule has 1 amide bonds. The van der Waals surface area contributed by atoms with Gasteiger partial charge in [-0.2, -0.15) is 8.42 Å². The summed E-state index contributed by atoms with van der Waals surface area (Å²) in [4.78, 5) is 11.0. The van der Waals surface area contributed by atoms with Crippen LogP contribution in [0.25, 0.3) is 0 Å². The van der Waals surface area contributed by atoms with E-state index in [1.165, 1.54) is 20.8 Å². The molecule has 0 radical (unpaired) electrons. The molecule has 6 heteroatoms. The summed E-state index contributed by atoms with van der Waals surface area (Å²) in [5.74, 6) is -0.429. The normalized spacial score (nSPS) is 12.3. The summed E-state index contributed by atoms with van der Waals surface area (Å²) in [5, 5.41) is 2.35. The average Bonchev–Trinajstić information content (AvgIpc) is 1.97. The SMILES string of the molecule is C=C(C)C(=O)NCC(C)(C)S(=O)(=O)O. The molecular weight excluding hydrogens is 206 g/mol. The molecular formula is C8H15NO4S. The van der Waals surface area contributed by atoms with Gasteiger partial charge >= 0.3 is 0 Å². The van der Waals surface area contributed by atoms with Crippen molar-refractivity contribution in [1.29, 1.82) is 0 Å². The number of nitrogens with one attached hydrogen (secondary N) is 1. The fraction of sp³-hybridized carbons (Fsp3) is 0.625. The van der Waals surface area contributed by atoms with E-state index in [0.717, 1.165) is 0 Å². The number of hydrogen-bond acceptors (Lipinski definition) is 3. The first-order chi connectivity index (χ1) is 6.08. The molecule has 0 unspecified atom stereocenters. The summed E-state index contributed by atoms with van der Waals surface area (Å²) < 4.78 is 29.0. The van der Waals surface area contributed by atoms with Crippen molar-refractivity contribution in [2.45, 2.75) is 25.5 Å². The summed E-state index contributed by atoms with van der Waals surface area (Å²) in [7, 11) is -4.17. The third-order valence-electron chi connectivity index (χ3n) is 1.76. The molecule has 82 valence electrons. The minimum Gasteiger partial charge on any atom is -0.351 e. The number of rotatable bonds is 4. The molecule has 0 aliphatic rings. The molecule has 0 spiro atoms. The van der Waals surface area contributed by atoms with Crippen LogP contribution in [-0.2, 0) is 14.9 Å². The van der Waals surface area contributed by atoms with E-state index < -0.39 is 20.8 Å². The highest BCUT2D eigenvalue weighted by Gasteiger charge is 2.32. The quantitative estimate of drug-likeness (QED) is 0.530. The zero-order valence-electron chi connectivity index (χ0n) is 8.49. The highest BCUT2D eigenvalue weighted by Crippen LogP contribution is 2.13. The van der Waals surface area contributed by atoms with Crippen molar-refractivity contribution in [3.8, 4) is 0 Å². The van der Waals surface area contributed by atoms with E-state index in [1.807, 2.05) is 0 Å². The van der Waals surface area contributed by atoms with Gasteiger partial charge in [-0.05, 0) is 20.8 Å². The number of carbonyl (C=O) groups is 1. The summed E-state index contributed by atoms with van der Waals surface area (Å²) in [6.07, 6.45) is 0. The van der Waals surface area contributed by atoms with Crippen LogP contribution in [0, 0.1) is 0 Å². The fourth-order valence-electron chi connectivity index (χ4n) is 0.535. The van der Waals surface area contributed by atoms with Crippen LogP contribution >= 0.6 is 0 Å². The highest BCUT2D eigenvalue weighted by atomic mass is 32.2. The van der Waals surface area contributed by atoms with E-state index in [0.29, 0.717) is 0 Å². The summed E-state index contributed by atoms with van der Waals surface area (Å²) in [6, 6.07) is 0. The lowest BCUT2D eigenvalue weighted by atomic mass is 10.2. The molecule has 14 heavy (non-hydrogen) atoms. The smallest absolute Gasteiger partial charge is 0.271 e. The van der Waals surface area contributed by atoms with Gasteiger partial charge in [-0.25, -0.2) is 0 Å². The van der Waals surface area contributed by atoms with Gasteiger partial charge in [0, 0.05) is 12.1 Å². The second kappa shape index (κ2) is 4.10. The van der Waals surface area contributed by atoms with E-state index in [-0.39, 0.29) is 12.1 Å². The van der Waals surface area contributed by atoms with Gasteiger partial charge in [-0.15, -0.1) is 0 Å². The van der Waals surface area contributed by atoms with Gasteiger partial charge < -0.3 is 5.32 Å². The van der Waals surface area contributed by atoms with Gasteiger partial charge in [0.2, 0.25) is 5.91 Å². The second-order valence-corrected chi connectivity index (χ2v) is 5.75. The first-order valence-electron chi connectivity index (χ1n) is 3.98. The first kappa shape index (κ1) is 13.1. The summed E-state index contributed by atoms with van der Waals surface area (Å²) in [6.45, 7) is 7.39. The van der Waals surface area contributed by atoms with Gasteiger partial charge in [0.25, 0.3) is 10.1 Å². The molecule has 0 aliphatic heterocycles. The Labute approximate surface area is 83.9 Å². The van der Waals surface area contributed by atoms with Crippen LogP contribution in [0.3, 0.4) is 0 Å². The van der Waals surface area contributed by atoms with E-state index in [2.05, 4.69) is 11.9 Å². The minimum atomic E-state index is -4.17. The lowest BCUT2D eigenvalue weighted by molar-refractivity contribution is -0.117. The van der Waals surface area contributed by atoms with Crippen molar-refractivity contribution in [3.05, 3.63) is 12.2 Å². The molecule has 0 bridgehead atoms. The van der Waals surface area contributed by atoms with Crippen LogP contribution in [0.15, 0.2) is 12.2 Å². The minimum absolute atomic E-state index is 0.155. The standard InChI is InChI=1S/C8H15NO4S/c1-6(2)7(10)9-5-8(3,4)14(11,12)13/h1,5H2,2-4H3,(H,9,10)(H,11,12,13). The van der Waals surface area contributed by atoms with Crippen molar-refractivity contribution < 1.29 is 17.8 Å². The Morgan fingerprint density at radius 3 is 2.21 bits per heavy atom. The Morgan fingerprint density at radius 2 is 1.93 bits per heavy atom. The topological polar surface area (TPSA) is 83.5 Å². The number of carbonyl (C=O) groups excluding carboxylic acids is 1. The van der Waals surface area contributed by atoms with Crippen LogP contribution < -0.4 is 5.32 Å². The molecule has 0 saturated carbocycles. The monoisotopic (exact) mass is 221 g/mol. The van der Waals surface area contributed by atoms with Crippen LogP contribution in [0.2, 0.25) is 0 Å². The van der Waals surface area contributed by atoms with Crippen LogP contribution in [0.5, 0.6) is 0 Å². The predicted octanol–water partition coefficient (Wildman–Crippen LogP) is 0.345. The number of hydrogen-bond donors (Lipinski definition) is 2. The molecule has 0 heterocycles. The maximum atomic E-state index is 11.0.